The van der Waals surface area contributed by atoms with Crippen LogP contribution < -0.4 is 42.5 Å². The number of hydrogen-bond donors (Lipinski definition) is 8. The molecule has 4 saturated heterocycles. The Labute approximate surface area is 829 Å². The number of aliphatic imine (C=N–C) groups is 1. The summed E-state index contributed by atoms with van der Waals surface area (Å²) in [5.74, 6) is -2.68. The molecule has 2 aliphatic carbocycles. The van der Waals surface area contributed by atoms with Crippen molar-refractivity contribution in [2.75, 3.05) is 95.3 Å². The fraction of sp³-hybridized carbons (Fsp3) is 0.430. The van der Waals surface area contributed by atoms with Crippen LogP contribution in [0.2, 0.25) is 0 Å². The van der Waals surface area contributed by atoms with Gasteiger partial charge in [-0.15, -0.1) is 0 Å². The number of benzene rings is 8. The molecule has 0 unspecified atom stereocenters. The van der Waals surface area contributed by atoms with Crippen LogP contribution in [0.3, 0.4) is 0 Å². The molecule has 8 N–H and O–H groups in total. The van der Waals surface area contributed by atoms with E-state index < -0.39 is 71.0 Å². The van der Waals surface area contributed by atoms with Crippen LogP contribution in [0.15, 0.2) is 220 Å². The molecule has 0 saturated carbocycles. The summed E-state index contributed by atoms with van der Waals surface area (Å²) in [5, 5.41) is 25.5. The van der Waals surface area contributed by atoms with Gasteiger partial charge in [0.1, 0.15) is 27.9 Å². The van der Waals surface area contributed by atoms with E-state index in [-0.39, 0.29) is 175 Å². The second-order valence-corrected chi connectivity index (χ2v) is 39.6. The van der Waals surface area contributed by atoms with Gasteiger partial charge in [0.05, 0.1) is 120 Å². The summed E-state index contributed by atoms with van der Waals surface area (Å²) in [7, 11) is 7.66. The van der Waals surface area contributed by atoms with E-state index in [4.69, 9.17) is 30.5 Å². The Morgan fingerprint density at radius 2 is 0.810 bits per heavy atom. The number of Topliss-reactive ketones (excluding diaryl/α,β-unsaturated/α-hetero) is 7. The molecule has 752 valence electrons. The lowest BCUT2D eigenvalue weighted by Gasteiger charge is -2.46. The van der Waals surface area contributed by atoms with Crippen molar-refractivity contribution >= 4 is 102 Å². The lowest BCUT2D eigenvalue weighted by Crippen LogP contribution is -2.42. The Kier molecular flexibility index (Phi) is 32.9. The summed E-state index contributed by atoms with van der Waals surface area (Å²) in [6.45, 7) is 2.89. The van der Waals surface area contributed by atoms with Crippen LogP contribution in [0.25, 0.3) is 0 Å². The molecule has 16 atom stereocenters. The average Bonchev–Trinajstić information content (AvgIpc) is 0.800. The Morgan fingerprint density at radius 1 is 0.437 bits per heavy atom. The van der Waals surface area contributed by atoms with Gasteiger partial charge in [-0.3, -0.25) is 43.3 Å². The van der Waals surface area contributed by atoms with E-state index in [1.165, 1.54) is 36.4 Å². The highest BCUT2D eigenvalue weighted by molar-refractivity contribution is 9.10. The van der Waals surface area contributed by atoms with Crippen molar-refractivity contribution in [3.8, 4) is 0 Å². The van der Waals surface area contributed by atoms with Gasteiger partial charge < -0.3 is 71.3 Å². The maximum atomic E-state index is 14.9. The number of ketones is 7. The minimum absolute atomic E-state index is 0.0333. The second-order valence-electron chi connectivity index (χ2n) is 38.3. The maximum absolute atomic E-state index is 14.9. The molecule has 0 radical (unpaired) electrons. The molecule has 8 aromatic carbocycles. The zero-order valence-electron chi connectivity index (χ0n) is 78.7. The molecule has 9 heterocycles. The Bertz CT molecular complexity index is 6060. The molecule has 35 heteroatoms. The van der Waals surface area contributed by atoms with Gasteiger partial charge in [-0.05, 0) is 188 Å². The number of alkyl halides is 9. The summed E-state index contributed by atoms with van der Waals surface area (Å²) in [6.07, 6.45) is -8.88. The molecule has 0 spiro atoms. The average molecular weight is 2050 g/mol. The number of rotatable bonds is 25. The van der Waals surface area contributed by atoms with Crippen molar-refractivity contribution in [2.45, 2.75) is 194 Å². The van der Waals surface area contributed by atoms with Gasteiger partial charge in [0.25, 0.3) is 5.91 Å². The van der Waals surface area contributed by atoms with E-state index in [2.05, 4.69) is 75.6 Å². The summed E-state index contributed by atoms with van der Waals surface area (Å²) in [6, 6.07) is 53.8. The summed E-state index contributed by atoms with van der Waals surface area (Å²) in [5.41, 5.74) is 7.84. The van der Waals surface area contributed by atoms with Crippen molar-refractivity contribution in [2.24, 2.45) is 28.7 Å². The van der Waals surface area contributed by atoms with E-state index in [9.17, 15) is 82.3 Å². The van der Waals surface area contributed by atoms with Crippen molar-refractivity contribution in [3.63, 3.8) is 0 Å². The molecule has 4 fully saturated rings. The van der Waals surface area contributed by atoms with Crippen LogP contribution in [0.4, 0.5) is 66.7 Å². The molecule has 1 amide bonds. The molecule has 11 aliphatic rings. The number of likely N-dealkylation sites (N-methyl/N-ethyl adjacent to an activating group) is 2. The van der Waals surface area contributed by atoms with Gasteiger partial charge in [0, 0.05) is 126 Å². The molecular weight excluding hydrogens is 1940 g/mol. The van der Waals surface area contributed by atoms with Crippen molar-refractivity contribution in [1.82, 2.24) is 31.1 Å². The molecule has 142 heavy (non-hydrogen) atoms. The maximum Gasteiger partial charge on any atom is 0.416 e. The van der Waals surface area contributed by atoms with Gasteiger partial charge in [-0.1, -0.05) is 149 Å². The van der Waals surface area contributed by atoms with Gasteiger partial charge in [-0.25, -0.2) is 4.39 Å². The monoisotopic (exact) mass is 2050 g/mol. The first kappa shape index (κ1) is 103. The lowest BCUT2D eigenvalue weighted by atomic mass is 9.76. The third-order valence-corrected chi connectivity index (χ3v) is 29.0. The second kappa shape index (κ2) is 45.2. The molecule has 0 bridgehead atoms. The van der Waals surface area contributed by atoms with Crippen LogP contribution in [0, 0.1) is 29.5 Å². The lowest BCUT2D eigenvalue weighted by molar-refractivity contribution is -0.139. The summed E-state index contributed by atoms with van der Waals surface area (Å²) >= 11 is 9.37. The third-order valence-electron chi connectivity index (χ3n) is 28.2. The normalized spacial score (nSPS) is 25.3. The van der Waals surface area contributed by atoms with Crippen LogP contribution in [-0.2, 0) is 75.8 Å². The topological polar surface area (TPSA) is 289 Å². The molecule has 0 aromatic heterocycles. The summed E-state index contributed by atoms with van der Waals surface area (Å²) in [4.78, 5) is 105. The first-order chi connectivity index (χ1) is 68.0. The van der Waals surface area contributed by atoms with E-state index in [1.54, 1.807) is 0 Å². The Morgan fingerprint density at radius 3 is 1.21 bits per heavy atom. The number of amides is 1. The quantitative estimate of drug-likeness (QED) is 0.0150. The van der Waals surface area contributed by atoms with Crippen molar-refractivity contribution < 1.29 is 101 Å². The largest absolute Gasteiger partial charge is 0.416 e. The first-order valence-corrected chi connectivity index (χ1v) is 49.3. The van der Waals surface area contributed by atoms with Crippen LogP contribution in [0.5, 0.6) is 0 Å². The number of hydrogen-bond acceptors (Lipinski definition) is 22. The van der Waals surface area contributed by atoms with Crippen LogP contribution in [-0.4, -0.2) is 160 Å². The summed E-state index contributed by atoms with van der Waals surface area (Å²) < 4.78 is 163. The number of halogens is 12. The highest BCUT2D eigenvalue weighted by Crippen LogP contribution is 2.57. The molecule has 23 nitrogen and oxygen atoms in total. The number of ether oxygens (including phenoxy) is 4. The van der Waals surface area contributed by atoms with Gasteiger partial charge in [-0.2, -0.15) is 39.5 Å². The van der Waals surface area contributed by atoms with Gasteiger partial charge in [0.15, 0.2) is 34.7 Å². The van der Waals surface area contributed by atoms with Gasteiger partial charge in [0.2, 0.25) is 5.78 Å². The minimum Gasteiger partial charge on any atom is -0.379 e. The zero-order chi connectivity index (χ0) is 101. The number of nitrogens with zero attached hydrogens (tertiary/aromatic N) is 3. The van der Waals surface area contributed by atoms with Crippen LogP contribution >= 0.6 is 27.5 Å². The zero-order valence-corrected chi connectivity index (χ0v) is 81.0. The van der Waals surface area contributed by atoms with Crippen LogP contribution in [0.1, 0.15) is 213 Å². The van der Waals surface area contributed by atoms with Crippen molar-refractivity contribution in [3.05, 3.63) is 282 Å². The number of allylic oxidation sites excluding steroid dienone is 4. The predicted molar refractivity (Wildman–Crippen MR) is 519 cm³/mol. The smallest absolute Gasteiger partial charge is 0.379 e. The Hall–Kier alpha value is -11.5. The van der Waals surface area contributed by atoms with E-state index >= 15 is 0 Å². The number of anilines is 4. The fourth-order valence-electron chi connectivity index (χ4n) is 21.0. The third kappa shape index (κ3) is 24.6. The number of nitrogens with one attached hydrogen (secondary N) is 8. The minimum atomic E-state index is -4.46. The standard InChI is InChI=1S/C29H33F3N4O3.C27H27F3N2O3.C26H31BrFN3O3.C25H22ClF3N2O3/c1-36(2)13-12-33-26-23(37)15-24(38)27(26)34-16-19-9-10-20-25(17-6-4-3-5-7-17)35-22-11-8-18(29(30,31)32)14-21(22)28(20)39-19;28-27(29,30)17-6-11-22-21(14-17)26-20(25(32-22)16-4-2-1-3-5-16)10-8-19(35-26)9-13-24(34)23-12-7-18(33)15-31-23;1-31(2)13-12-29-26(33)22(32)11-9-18-8-10-19-23(16-6-4-3-5-7-16)30-24-20(25(19)34-18)14-17(27)15-21(24)28;26-21-19(32)11-20(33)23(21)30-12-15-7-8-16-22(13-4-2-1-3-5-13)31-18-9-6-14(25(27,28)29)10-17(18)24(16)34-15/h3-8,11,14,19-20,25,28,33-35H,9-10,12-13,15-16H2,1-2H3;1-6,11,14,19-20,25-26,32H,7-10,12-13,15H2;3-7,14-15,18-19,23,25,30H,8-13H2,1-2H3,(H,29,33);1-6,9-10,15-16,22,24,30-31H,7-8,11-12H2/t19-,20+,25+,28+;19-,20+,25+,26+;18-,19+,23+,25+;15-,16+,22+,24+/m1111/s1. The predicted octanol–water partition coefficient (Wildman–Crippen LogP) is 20.0. The molecular formula is C107H113BrClF10N11O12. The molecule has 8 aromatic rings. The highest BCUT2D eigenvalue weighted by atomic mass is 79.9. The molecule has 19 rings (SSSR count). The number of fused-ring (bicyclic) bond motifs is 12. The number of carbonyl (C=O) groups excluding carboxylic acids is 8. The van der Waals surface area contributed by atoms with E-state index in [0.29, 0.717) is 126 Å². The SMILES string of the molecule is CN(C)CCNC(=O)C(=O)CC[C@H]1CC[C@@H]2[C@H](O1)c1cc(Br)cc(F)c1N[C@H]2c1ccccc1.CN(C)CCNC1=C(NC[C@H]2CC[C@@H]3[C@H](O2)c2cc(C(F)(F)F)ccc2N[C@H]3c2ccccc2)C(=O)CC1=O.O=C1CC(=O)C(NC[C@H]2CC[C@@H]3[C@H](O2)c2cc(C(F)(F)F)ccc2N[C@H]3c2ccccc2)=C1Cl.O=C1CCC(C(=O)CC[C@H]2CC[C@@H]3[C@H](O2)c2cc(C(F)(F)F)ccc2N[C@H]3c2ccccc2)=NC1. The molecule has 9 aliphatic heterocycles. The highest BCUT2D eigenvalue weighted by Gasteiger charge is 2.50. The number of carbonyl (C=O) groups is 8. The fourth-order valence-corrected chi connectivity index (χ4v) is 21.7. The van der Waals surface area contributed by atoms with E-state index in [1.807, 2.05) is 153 Å². The van der Waals surface area contributed by atoms with Crippen molar-refractivity contribution in [1.29, 1.82) is 0 Å². The Balaban J connectivity index is 0.000000136. The van der Waals surface area contributed by atoms with E-state index in [0.717, 1.165) is 84.2 Å². The first-order valence-electron chi connectivity index (χ1n) is 48.1. The van der Waals surface area contributed by atoms with Gasteiger partial charge >= 0.3 is 18.5 Å².